The fourth-order valence-corrected chi connectivity index (χ4v) is 3.48. The van der Waals surface area contributed by atoms with E-state index in [1.165, 1.54) is 0 Å². The molecule has 0 atom stereocenters. The van der Waals surface area contributed by atoms with Crippen LogP contribution in [0.3, 0.4) is 0 Å². The molecule has 4 aromatic rings. The highest BCUT2D eigenvalue weighted by atomic mass is 16.5. The minimum absolute atomic E-state index is 0.661. The molecule has 0 N–H and O–H groups in total. The van der Waals surface area contributed by atoms with Gasteiger partial charge in [0.25, 0.3) is 0 Å². The van der Waals surface area contributed by atoms with Crippen LogP contribution < -0.4 is 9.47 Å². The van der Waals surface area contributed by atoms with E-state index >= 15 is 0 Å². The van der Waals surface area contributed by atoms with Crippen molar-refractivity contribution in [2.24, 2.45) is 0 Å². The molecule has 0 radical (unpaired) electrons. The standard InChI is InChI=1S/C23H21N3O2/c1-5-7-15-8-10-16(11-9-15)23-22-17-12-20(27-3)21(28-4)13-18(17)24-14-19(22)26(6-2)25-23/h8-14H,6H2,1-4H3. The topological polar surface area (TPSA) is 49.2 Å². The van der Waals surface area contributed by atoms with Gasteiger partial charge in [0, 0.05) is 34.5 Å². The normalized spacial score (nSPS) is 10.7. The van der Waals surface area contributed by atoms with E-state index in [0.29, 0.717) is 11.5 Å². The van der Waals surface area contributed by atoms with Crippen LogP contribution in [0.25, 0.3) is 33.1 Å². The van der Waals surface area contributed by atoms with Gasteiger partial charge in [0.15, 0.2) is 11.5 Å². The first-order valence-electron chi connectivity index (χ1n) is 9.14. The summed E-state index contributed by atoms with van der Waals surface area (Å²) in [6.07, 6.45) is 1.88. The minimum atomic E-state index is 0.661. The molecule has 0 aliphatic carbocycles. The van der Waals surface area contributed by atoms with Crippen molar-refractivity contribution >= 4 is 21.8 Å². The van der Waals surface area contributed by atoms with E-state index in [-0.39, 0.29) is 0 Å². The summed E-state index contributed by atoms with van der Waals surface area (Å²) in [5.74, 6) is 7.35. The number of pyridine rings is 1. The molecule has 0 aliphatic heterocycles. The van der Waals surface area contributed by atoms with Crippen LogP contribution in [0.5, 0.6) is 11.5 Å². The third-order valence-corrected chi connectivity index (χ3v) is 4.82. The van der Waals surface area contributed by atoms with Crippen molar-refractivity contribution < 1.29 is 9.47 Å². The van der Waals surface area contributed by atoms with Crippen molar-refractivity contribution in [2.45, 2.75) is 20.4 Å². The highest BCUT2D eigenvalue weighted by Gasteiger charge is 2.17. The Morgan fingerprint density at radius 3 is 2.39 bits per heavy atom. The van der Waals surface area contributed by atoms with Gasteiger partial charge in [0.05, 0.1) is 31.4 Å². The average Bonchev–Trinajstić information content (AvgIpc) is 3.12. The van der Waals surface area contributed by atoms with Crippen LogP contribution in [0.2, 0.25) is 0 Å². The molecule has 140 valence electrons. The van der Waals surface area contributed by atoms with Gasteiger partial charge in [0.2, 0.25) is 0 Å². The summed E-state index contributed by atoms with van der Waals surface area (Å²) in [5, 5.41) is 6.92. The number of nitrogens with zero attached hydrogens (tertiary/aromatic N) is 3. The van der Waals surface area contributed by atoms with E-state index in [9.17, 15) is 0 Å². The molecule has 28 heavy (non-hydrogen) atoms. The molecule has 0 saturated carbocycles. The Labute approximate surface area is 163 Å². The number of rotatable bonds is 4. The lowest BCUT2D eigenvalue weighted by Crippen LogP contribution is -1.96. The molecule has 0 amide bonds. The highest BCUT2D eigenvalue weighted by molar-refractivity contribution is 6.11. The molecule has 0 bridgehead atoms. The van der Waals surface area contributed by atoms with Gasteiger partial charge in [-0.05, 0) is 32.0 Å². The first-order chi connectivity index (χ1) is 13.7. The molecule has 2 aromatic heterocycles. The molecule has 5 heteroatoms. The lowest BCUT2D eigenvalue weighted by Gasteiger charge is -2.10. The fraction of sp³-hybridized carbons (Fsp3) is 0.217. The summed E-state index contributed by atoms with van der Waals surface area (Å²) in [7, 11) is 3.27. The Morgan fingerprint density at radius 2 is 1.75 bits per heavy atom. The molecule has 5 nitrogen and oxygen atoms in total. The van der Waals surface area contributed by atoms with E-state index in [2.05, 4.69) is 35.9 Å². The number of methoxy groups -OCH3 is 2. The summed E-state index contributed by atoms with van der Waals surface area (Å²) < 4.78 is 12.9. The summed E-state index contributed by atoms with van der Waals surface area (Å²) in [6, 6.07) is 12.1. The molecule has 0 fully saturated rings. The summed E-state index contributed by atoms with van der Waals surface area (Å²) in [6.45, 7) is 4.68. The van der Waals surface area contributed by atoms with Crippen molar-refractivity contribution in [1.29, 1.82) is 0 Å². The van der Waals surface area contributed by atoms with Gasteiger partial charge in [-0.1, -0.05) is 18.1 Å². The second kappa shape index (κ2) is 7.24. The molecule has 0 aliphatic rings. The van der Waals surface area contributed by atoms with Gasteiger partial charge in [-0.3, -0.25) is 9.67 Å². The molecular weight excluding hydrogens is 350 g/mol. The SMILES string of the molecule is CC#Cc1ccc(-c2nn(CC)c3cnc4cc(OC)c(OC)cc4c23)cc1. The Bertz CT molecular complexity index is 1230. The zero-order valence-electron chi connectivity index (χ0n) is 16.4. The number of ether oxygens (including phenoxy) is 2. The maximum absolute atomic E-state index is 5.52. The first kappa shape index (κ1) is 17.9. The van der Waals surface area contributed by atoms with Crippen LogP contribution in [-0.4, -0.2) is 29.0 Å². The molecule has 0 unspecified atom stereocenters. The Balaban J connectivity index is 2.04. The summed E-state index contributed by atoms with van der Waals surface area (Å²) in [4.78, 5) is 4.63. The van der Waals surface area contributed by atoms with E-state index in [1.807, 2.05) is 42.1 Å². The van der Waals surface area contributed by atoms with Gasteiger partial charge < -0.3 is 9.47 Å². The number of hydrogen-bond donors (Lipinski definition) is 0. The van der Waals surface area contributed by atoms with Crippen molar-refractivity contribution in [3.8, 4) is 34.6 Å². The van der Waals surface area contributed by atoms with Crippen molar-refractivity contribution in [3.63, 3.8) is 0 Å². The fourth-order valence-electron chi connectivity index (χ4n) is 3.48. The first-order valence-corrected chi connectivity index (χ1v) is 9.14. The van der Waals surface area contributed by atoms with E-state index in [1.54, 1.807) is 14.2 Å². The second-order valence-electron chi connectivity index (χ2n) is 6.36. The van der Waals surface area contributed by atoms with Crippen molar-refractivity contribution in [3.05, 3.63) is 48.2 Å². The third kappa shape index (κ3) is 2.84. The summed E-state index contributed by atoms with van der Waals surface area (Å²) >= 11 is 0. The Morgan fingerprint density at radius 1 is 1.04 bits per heavy atom. The van der Waals surface area contributed by atoms with E-state index < -0.39 is 0 Å². The molecule has 0 spiro atoms. The number of aryl methyl sites for hydroxylation is 1. The Hall–Kier alpha value is -3.52. The van der Waals surface area contributed by atoms with Gasteiger partial charge in [-0.15, -0.1) is 5.92 Å². The van der Waals surface area contributed by atoms with Crippen LogP contribution in [-0.2, 0) is 6.54 Å². The van der Waals surface area contributed by atoms with Crippen LogP contribution in [0.15, 0.2) is 42.6 Å². The monoisotopic (exact) mass is 371 g/mol. The third-order valence-electron chi connectivity index (χ3n) is 4.82. The number of hydrogen-bond acceptors (Lipinski definition) is 4. The Kier molecular flexibility index (Phi) is 4.62. The smallest absolute Gasteiger partial charge is 0.162 e. The molecule has 2 aromatic carbocycles. The zero-order valence-corrected chi connectivity index (χ0v) is 16.4. The van der Waals surface area contributed by atoms with Crippen LogP contribution in [0.4, 0.5) is 0 Å². The lowest BCUT2D eigenvalue weighted by atomic mass is 10.0. The van der Waals surface area contributed by atoms with Crippen LogP contribution in [0.1, 0.15) is 19.4 Å². The van der Waals surface area contributed by atoms with Crippen LogP contribution >= 0.6 is 0 Å². The summed E-state index contributed by atoms with van der Waals surface area (Å²) in [5.41, 5.74) is 4.79. The molecule has 2 heterocycles. The maximum atomic E-state index is 5.52. The van der Waals surface area contributed by atoms with E-state index in [0.717, 1.165) is 45.2 Å². The molecule has 0 saturated heterocycles. The minimum Gasteiger partial charge on any atom is -0.493 e. The molecule has 4 rings (SSSR count). The zero-order chi connectivity index (χ0) is 19.7. The van der Waals surface area contributed by atoms with Gasteiger partial charge >= 0.3 is 0 Å². The largest absolute Gasteiger partial charge is 0.493 e. The predicted molar refractivity (Wildman–Crippen MR) is 112 cm³/mol. The number of benzene rings is 2. The quantitative estimate of drug-likeness (QED) is 0.490. The number of aromatic nitrogens is 3. The second-order valence-corrected chi connectivity index (χ2v) is 6.36. The molecular formula is C23H21N3O2. The van der Waals surface area contributed by atoms with E-state index in [4.69, 9.17) is 14.6 Å². The van der Waals surface area contributed by atoms with Gasteiger partial charge in [-0.2, -0.15) is 5.10 Å². The average molecular weight is 371 g/mol. The van der Waals surface area contributed by atoms with Crippen molar-refractivity contribution in [2.75, 3.05) is 14.2 Å². The maximum Gasteiger partial charge on any atom is 0.162 e. The highest BCUT2D eigenvalue weighted by Crippen LogP contribution is 2.38. The lowest BCUT2D eigenvalue weighted by molar-refractivity contribution is 0.356. The number of fused-ring (bicyclic) bond motifs is 3. The van der Waals surface area contributed by atoms with Gasteiger partial charge in [-0.25, -0.2) is 0 Å². The predicted octanol–water partition coefficient (Wildman–Crippen LogP) is 4.66. The van der Waals surface area contributed by atoms with Crippen molar-refractivity contribution in [1.82, 2.24) is 14.8 Å². The van der Waals surface area contributed by atoms with Crippen LogP contribution in [0, 0.1) is 11.8 Å². The van der Waals surface area contributed by atoms with Gasteiger partial charge in [0.1, 0.15) is 5.69 Å².